The van der Waals surface area contributed by atoms with E-state index in [1.165, 1.54) is 82.0 Å². The summed E-state index contributed by atoms with van der Waals surface area (Å²) in [4.78, 5) is 42.6. The van der Waals surface area contributed by atoms with Crippen molar-refractivity contribution in [2.75, 3.05) is 26.4 Å². The van der Waals surface area contributed by atoms with Gasteiger partial charge in [-0.25, -0.2) is 4.98 Å². The molecule has 0 fully saturated rings. The van der Waals surface area contributed by atoms with Gasteiger partial charge in [-0.1, -0.05) is 114 Å². The Balaban J connectivity index is 1.35. The number of carbonyl (C=O) groups is 2. The van der Waals surface area contributed by atoms with E-state index in [1.807, 2.05) is 5.38 Å². The third-order valence-corrected chi connectivity index (χ3v) is 9.51. The Bertz CT molecular complexity index is 1100. The number of unbranched alkanes of at least 4 members (excludes halogenated alkanes) is 13. The second-order valence-electron chi connectivity index (χ2n) is 11.2. The molecule has 1 aliphatic rings. The van der Waals surface area contributed by atoms with E-state index in [9.17, 15) is 19.0 Å². The largest absolute Gasteiger partial charge is 0.756 e. The summed E-state index contributed by atoms with van der Waals surface area (Å²) in [5.41, 5.74) is 0.580. The standard InChI is InChI=1S/C32H49N2O7PS/c1-2-3-4-5-6-7-8-9-10-11-12-13-14-17-22-39-25-27(34-31(35)28-18-15-16-19-29(28)32(34)36)26-41-42(37,38)40-23-20-30-33-21-24-43-30/h15-16,18-19,21,24,27H,2-14,17,20,22-23,25-26H2,1H3,(H,37,38). The first-order valence-corrected chi connectivity index (χ1v) is 18.4. The van der Waals surface area contributed by atoms with Crippen molar-refractivity contribution in [1.82, 2.24) is 4.90 Å². The van der Waals surface area contributed by atoms with Crippen LogP contribution in [0.3, 0.4) is 0 Å². The van der Waals surface area contributed by atoms with Gasteiger partial charge >= 0.3 is 0 Å². The predicted molar refractivity (Wildman–Crippen MR) is 166 cm³/mol. The zero-order valence-corrected chi connectivity index (χ0v) is 27.3. The van der Waals surface area contributed by atoms with Crippen molar-refractivity contribution in [2.45, 2.75) is 109 Å². The van der Waals surface area contributed by atoms with Gasteiger partial charge in [0.15, 0.2) is 6.20 Å². The van der Waals surface area contributed by atoms with Crippen molar-refractivity contribution < 1.29 is 37.8 Å². The molecule has 43 heavy (non-hydrogen) atoms. The number of aromatic amines is 1. The molecule has 2 atom stereocenters. The Morgan fingerprint density at radius 2 is 1.37 bits per heavy atom. The van der Waals surface area contributed by atoms with Crippen molar-refractivity contribution in [3.05, 3.63) is 52.0 Å². The molecule has 0 saturated carbocycles. The fraction of sp³-hybridized carbons (Fsp3) is 0.656. The van der Waals surface area contributed by atoms with Gasteiger partial charge < -0.3 is 18.7 Å². The number of imide groups is 1. The zero-order valence-electron chi connectivity index (χ0n) is 25.6. The van der Waals surface area contributed by atoms with E-state index in [0.29, 0.717) is 24.2 Å². The van der Waals surface area contributed by atoms with Crippen LogP contribution in [0.4, 0.5) is 0 Å². The van der Waals surface area contributed by atoms with Gasteiger partial charge in [-0.3, -0.25) is 19.1 Å². The SMILES string of the molecule is CCCCCCCCCCCCCCCCOCC(COP(=O)([O-])OCCc1[nH+]ccs1)N1C(=O)c2ccccc2C1=O. The topological polar surface area (TPSA) is 119 Å². The number of ether oxygens (including phenoxy) is 1. The molecule has 0 bridgehead atoms. The van der Waals surface area contributed by atoms with Crippen molar-refractivity contribution in [1.29, 1.82) is 0 Å². The number of benzene rings is 1. The number of aromatic nitrogens is 1. The molecule has 9 nitrogen and oxygen atoms in total. The van der Waals surface area contributed by atoms with Crippen LogP contribution >= 0.6 is 19.2 Å². The Morgan fingerprint density at radius 1 is 0.814 bits per heavy atom. The van der Waals surface area contributed by atoms with E-state index < -0.39 is 32.3 Å². The monoisotopic (exact) mass is 636 g/mol. The minimum Gasteiger partial charge on any atom is -0.756 e. The van der Waals surface area contributed by atoms with Crippen LogP contribution in [-0.2, 0) is 24.8 Å². The molecule has 11 heteroatoms. The Kier molecular flexibility index (Phi) is 16.7. The fourth-order valence-corrected chi connectivity index (χ4v) is 6.61. The van der Waals surface area contributed by atoms with Crippen LogP contribution in [0.2, 0.25) is 0 Å². The van der Waals surface area contributed by atoms with Crippen LogP contribution in [0.15, 0.2) is 35.8 Å². The Labute approximate surface area is 261 Å². The van der Waals surface area contributed by atoms with Gasteiger partial charge in [-0.05, 0) is 18.6 Å². The summed E-state index contributed by atoms with van der Waals surface area (Å²) in [5, 5.41) is 2.73. The van der Waals surface area contributed by atoms with Crippen LogP contribution in [0.5, 0.6) is 0 Å². The summed E-state index contributed by atoms with van der Waals surface area (Å²) in [5.74, 6) is -0.964. The number of phosphoric acid groups is 1. The predicted octanol–water partition coefficient (Wildman–Crippen LogP) is 6.77. The highest BCUT2D eigenvalue weighted by Crippen LogP contribution is 2.39. The van der Waals surface area contributed by atoms with Crippen LogP contribution in [0.25, 0.3) is 0 Å². The van der Waals surface area contributed by atoms with Gasteiger partial charge in [0.1, 0.15) is 0 Å². The average Bonchev–Trinajstić information content (AvgIpc) is 3.61. The molecular formula is C32H49N2O7PS. The molecule has 1 aliphatic heterocycles. The first-order chi connectivity index (χ1) is 20.9. The van der Waals surface area contributed by atoms with E-state index in [4.69, 9.17) is 13.8 Å². The molecule has 2 heterocycles. The molecule has 1 N–H and O–H groups in total. The summed E-state index contributed by atoms with van der Waals surface area (Å²) >= 11 is 1.46. The molecule has 1 aromatic heterocycles. The van der Waals surface area contributed by atoms with Crippen LogP contribution in [0, 0.1) is 0 Å². The highest BCUT2D eigenvalue weighted by molar-refractivity contribution is 7.45. The third-order valence-electron chi connectivity index (χ3n) is 7.67. The highest BCUT2D eigenvalue weighted by atomic mass is 32.1. The van der Waals surface area contributed by atoms with Crippen molar-refractivity contribution >= 4 is 31.0 Å². The number of H-pyrrole nitrogens is 1. The van der Waals surface area contributed by atoms with Crippen LogP contribution in [0.1, 0.15) is 123 Å². The molecule has 3 rings (SSSR count). The van der Waals surface area contributed by atoms with Crippen molar-refractivity contribution in [2.24, 2.45) is 0 Å². The van der Waals surface area contributed by atoms with Gasteiger partial charge in [0.25, 0.3) is 19.6 Å². The maximum Gasteiger partial charge on any atom is 0.267 e. The number of amides is 2. The summed E-state index contributed by atoms with van der Waals surface area (Å²) in [6.45, 7) is 2.18. The molecule has 2 aromatic rings. The van der Waals surface area contributed by atoms with Crippen molar-refractivity contribution in [3.8, 4) is 0 Å². The smallest absolute Gasteiger partial charge is 0.267 e. The van der Waals surface area contributed by atoms with Gasteiger partial charge in [0.2, 0.25) is 5.01 Å². The minimum atomic E-state index is -4.66. The number of thiazole rings is 1. The second-order valence-corrected chi connectivity index (χ2v) is 13.6. The maximum atomic E-state index is 13.1. The lowest BCUT2D eigenvalue weighted by Crippen LogP contribution is -2.45. The van der Waals surface area contributed by atoms with Crippen LogP contribution < -0.4 is 9.88 Å². The lowest BCUT2D eigenvalue weighted by atomic mass is 10.0. The first kappa shape index (κ1) is 35.5. The first-order valence-electron chi connectivity index (χ1n) is 16.0. The number of nitrogens with zero attached hydrogens (tertiary/aromatic N) is 1. The number of rotatable bonds is 25. The number of hydrogen-bond acceptors (Lipinski definition) is 8. The van der Waals surface area contributed by atoms with E-state index in [1.54, 1.807) is 30.5 Å². The molecule has 2 amide bonds. The molecule has 240 valence electrons. The summed E-state index contributed by atoms with van der Waals surface area (Å²) in [7, 11) is -4.66. The van der Waals surface area contributed by atoms with E-state index in [-0.39, 0.29) is 13.2 Å². The van der Waals surface area contributed by atoms with E-state index in [2.05, 4.69) is 11.9 Å². The van der Waals surface area contributed by atoms with Crippen LogP contribution in [-0.4, -0.2) is 49.2 Å². The van der Waals surface area contributed by atoms with Gasteiger partial charge in [0.05, 0.1) is 48.8 Å². The number of phosphoric ester groups is 1. The normalized spacial score (nSPS) is 15.2. The zero-order chi connectivity index (χ0) is 30.8. The number of carbonyl (C=O) groups excluding carboxylic acids is 2. The van der Waals surface area contributed by atoms with Crippen molar-refractivity contribution in [3.63, 3.8) is 0 Å². The third kappa shape index (κ3) is 12.9. The maximum absolute atomic E-state index is 13.1. The molecule has 1 aromatic carbocycles. The molecule has 0 spiro atoms. The quantitative estimate of drug-likeness (QED) is 0.0670. The number of fused-ring (bicyclic) bond motifs is 1. The summed E-state index contributed by atoms with van der Waals surface area (Å²) in [6.07, 6.45) is 19.8. The minimum absolute atomic E-state index is 0.0198. The second kappa shape index (κ2) is 20.2. The van der Waals surface area contributed by atoms with Gasteiger partial charge in [0, 0.05) is 6.61 Å². The molecule has 2 unspecified atom stereocenters. The summed E-state index contributed by atoms with van der Waals surface area (Å²) in [6, 6.07) is 5.65. The lowest BCUT2D eigenvalue weighted by molar-refractivity contribution is -0.382. The molecule has 0 saturated heterocycles. The van der Waals surface area contributed by atoms with E-state index >= 15 is 0 Å². The molecule has 0 radical (unpaired) electrons. The Morgan fingerprint density at radius 3 is 1.91 bits per heavy atom. The molecular weight excluding hydrogens is 587 g/mol. The Hall–Kier alpha value is -1.94. The van der Waals surface area contributed by atoms with Gasteiger partial charge in [-0.2, -0.15) is 0 Å². The lowest BCUT2D eigenvalue weighted by Gasteiger charge is -2.29. The van der Waals surface area contributed by atoms with E-state index in [0.717, 1.165) is 29.2 Å². The number of nitrogens with one attached hydrogen (secondary N) is 1. The average molecular weight is 637 g/mol. The number of hydrogen-bond donors (Lipinski definition) is 0. The fourth-order valence-electron chi connectivity index (χ4n) is 5.23. The highest BCUT2D eigenvalue weighted by Gasteiger charge is 2.40. The summed E-state index contributed by atoms with van der Waals surface area (Å²) < 4.78 is 28.4. The molecule has 0 aliphatic carbocycles. The van der Waals surface area contributed by atoms with Gasteiger partial charge in [-0.15, -0.1) is 0 Å².